The quantitative estimate of drug-likeness (QED) is 0.811. The van der Waals surface area contributed by atoms with Gasteiger partial charge in [0.1, 0.15) is 9.84 Å². The smallest absolute Gasteiger partial charge is 0.147 e. The van der Waals surface area contributed by atoms with E-state index >= 15 is 0 Å². The van der Waals surface area contributed by atoms with Crippen LogP contribution in [0.5, 0.6) is 0 Å². The van der Waals surface area contributed by atoms with Crippen LogP contribution in [-0.4, -0.2) is 32.0 Å². The number of sulfone groups is 1. The Morgan fingerprint density at radius 3 is 2.81 bits per heavy atom. The first-order chi connectivity index (χ1) is 7.53. The summed E-state index contributed by atoms with van der Waals surface area (Å²) < 4.78 is 22.1. The highest BCUT2D eigenvalue weighted by molar-refractivity contribution is 7.90. The van der Waals surface area contributed by atoms with Crippen molar-refractivity contribution in [2.75, 3.05) is 18.6 Å². The van der Waals surface area contributed by atoms with E-state index in [1.165, 1.54) is 11.1 Å². The molecule has 0 fully saturated rings. The monoisotopic (exact) mass is 262 g/mol. The maximum Gasteiger partial charge on any atom is 0.147 e. The Kier molecular flexibility index (Phi) is 5.37. The molecular weight excluding hydrogens is 244 g/mol. The van der Waals surface area contributed by atoms with Gasteiger partial charge >= 0.3 is 0 Å². The number of thiazole rings is 1. The average Bonchev–Trinajstić information content (AvgIpc) is 2.67. The molecule has 0 aliphatic carbocycles. The molecule has 16 heavy (non-hydrogen) atoms. The van der Waals surface area contributed by atoms with Crippen LogP contribution in [0.15, 0.2) is 11.7 Å². The lowest BCUT2D eigenvalue weighted by molar-refractivity contribution is 0.513. The summed E-state index contributed by atoms with van der Waals surface area (Å²) in [6.45, 7) is 2.92. The summed E-state index contributed by atoms with van der Waals surface area (Å²) in [6, 6.07) is 0.235. The molecule has 0 saturated carbocycles. The van der Waals surface area contributed by atoms with Gasteiger partial charge in [0, 0.05) is 29.1 Å². The number of nitrogens with zero attached hydrogens (tertiary/aromatic N) is 1. The van der Waals surface area contributed by atoms with Crippen molar-refractivity contribution in [2.24, 2.45) is 0 Å². The Hall–Kier alpha value is -0.460. The van der Waals surface area contributed by atoms with Crippen molar-refractivity contribution in [3.63, 3.8) is 0 Å². The summed E-state index contributed by atoms with van der Waals surface area (Å²) in [7, 11) is -2.84. The van der Waals surface area contributed by atoms with Gasteiger partial charge in [-0.1, -0.05) is 6.92 Å². The fourth-order valence-electron chi connectivity index (χ4n) is 1.54. The second-order valence-corrected chi connectivity index (χ2v) is 6.96. The van der Waals surface area contributed by atoms with Crippen LogP contribution in [0.3, 0.4) is 0 Å². The molecule has 1 aromatic rings. The molecule has 4 nitrogen and oxygen atoms in total. The molecule has 0 saturated heterocycles. The zero-order valence-electron chi connectivity index (χ0n) is 9.64. The Bertz CT molecular complexity index is 387. The van der Waals surface area contributed by atoms with Gasteiger partial charge in [-0.2, -0.15) is 0 Å². The van der Waals surface area contributed by atoms with Gasteiger partial charge in [-0.3, -0.25) is 4.98 Å². The summed E-state index contributed by atoms with van der Waals surface area (Å²) in [5.41, 5.74) is 1.80. The number of hydrogen-bond acceptors (Lipinski definition) is 5. The van der Waals surface area contributed by atoms with Crippen LogP contribution in [-0.2, 0) is 9.84 Å². The maximum absolute atomic E-state index is 11.0. The summed E-state index contributed by atoms with van der Waals surface area (Å²) in [5.74, 6) is 0.258. The Labute approximate surface area is 101 Å². The molecule has 0 spiro atoms. The topological polar surface area (TPSA) is 59.1 Å². The summed E-state index contributed by atoms with van der Waals surface area (Å²) >= 11 is 1.61. The van der Waals surface area contributed by atoms with Gasteiger partial charge in [-0.25, -0.2) is 8.42 Å². The van der Waals surface area contributed by atoms with Crippen LogP contribution in [0.1, 0.15) is 30.7 Å². The normalized spacial score (nSPS) is 13.9. The van der Waals surface area contributed by atoms with Gasteiger partial charge in [0.25, 0.3) is 0 Å². The second-order valence-electron chi connectivity index (χ2n) is 3.79. The predicted molar refractivity (Wildman–Crippen MR) is 67.5 cm³/mol. The Morgan fingerprint density at radius 1 is 1.56 bits per heavy atom. The Balaban J connectivity index is 2.47. The van der Waals surface area contributed by atoms with Crippen molar-refractivity contribution in [1.82, 2.24) is 10.3 Å². The number of aromatic nitrogens is 1. The van der Waals surface area contributed by atoms with Gasteiger partial charge in [-0.15, -0.1) is 11.3 Å². The van der Waals surface area contributed by atoms with Crippen LogP contribution in [0.2, 0.25) is 0 Å². The number of nitrogens with one attached hydrogen (secondary N) is 1. The highest BCUT2D eigenvalue weighted by Crippen LogP contribution is 2.21. The second kappa shape index (κ2) is 6.32. The largest absolute Gasteiger partial charge is 0.309 e. The first-order valence-electron chi connectivity index (χ1n) is 5.32. The van der Waals surface area contributed by atoms with E-state index < -0.39 is 9.84 Å². The molecule has 1 aromatic heterocycles. The van der Waals surface area contributed by atoms with Gasteiger partial charge in [0.2, 0.25) is 0 Å². The fourth-order valence-corrected chi connectivity index (χ4v) is 2.96. The first kappa shape index (κ1) is 13.6. The van der Waals surface area contributed by atoms with Crippen molar-refractivity contribution in [3.8, 4) is 0 Å². The minimum absolute atomic E-state index is 0.235. The SMILES string of the molecule is CCNC(CCCS(C)(=O)=O)c1cncs1. The van der Waals surface area contributed by atoms with Crippen LogP contribution in [0, 0.1) is 0 Å². The zero-order chi connectivity index (χ0) is 12.0. The van der Waals surface area contributed by atoms with Crippen molar-refractivity contribution in [3.05, 3.63) is 16.6 Å². The lowest BCUT2D eigenvalue weighted by Crippen LogP contribution is -2.20. The molecule has 0 aromatic carbocycles. The van der Waals surface area contributed by atoms with Gasteiger partial charge in [0.15, 0.2) is 0 Å². The summed E-state index contributed by atoms with van der Waals surface area (Å²) in [6.07, 6.45) is 4.65. The van der Waals surface area contributed by atoms with Crippen molar-refractivity contribution in [1.29, 1.82) is 0 Å². The molecule has 1 unspecified atom stereocenters. The van der Waals surface area contributed by atoms with Crippen LogP contribution >= 0.6 is 11.3 Å². The lowest BCUT2D eigenvalue weighted by Gasteiger charge is -2.15. The maximum atomic E-state index is 11.0. The molecule has 1 N–H and O–H groups in total. The van der Waals surface area contributed by atoms with E-state index in [0.717, 1.165) is 13.0 Å². The third kappa shape index (κ3) is 5.05. The minimum Gasteiger partial charge on any atom is -0.309 e. The predicted octanol–water partition coefficient (Wildman–Crippen LogP) is 1.62. The molecule has 0 aliphatic heterocycles. The van der Waals surface area contributed by atoms with E-state index in [2.05, 4.69) is 10.3 Å². The highest BCUT2D eigenvalue weighted by atomic mass is 32.2. The minimum atomic E-state index is -2.84. The van der Waals surface area contributed by atoms with Crippen molar-refractivity contribution in [2.45, 2.75) is 25.8 Å². The van der Waals surface area contributed by atoms with Crippen molar-refractivity contribution < 1.29 is 8.42 Å². The molecule has 1 atom stereocenters. The van der Waals surface area contributed by atoms with E-state index in [1.54, 1.807) is 16.8 Å². The molecule has 0 aliphatic rings. The van der Waals surface area contributed by atoms with Gasteiger partial charge in [0.05, 0.1) is 5.51 Å². The molecule has 6 heteroatoms. The number of rotatable bonds is 7. The van der Waals surface area contributed by atoms with Crippen LogP contribution < -0.4 is 5.32 Å². The molecule has 0 bridgehead atoms. The highest BCUT2D eigenvalue weighted by Gasteiger charge is 2.12. The van der Waals surface area contributed by atoms with E-state index in [1.807, 2.05) is 13.1 Å². The third-order valence-electron chi connectivity index (χ3n) is 2.25. The molecule has 0 amide bonds. The fraction of sp³-hybridized carbons (Fsp3) is 0.700. The van der Waals surface area contributed by atoms with Crippen molar-refractivity contribution >= 4 is 21.2 Å². The van der Waals surface area contributed by atoms with E-state index in [9.17, 15) is 8.42 Å². The molecule has 92 valence electrons. The standard InChI is InChI=1S/C10H18N2O2S2/c1-3-12-9(10-7-11-8-15-10)5-4-6-16(2,13)14/h7-9,12H,3-6H2,1-2H3. The van der Waals surface area contributed by atoms with Crippen LogP contribution in [0.4, 0.5) is 0 Å². The third-order valence-corrected chi connectivity index (χ3v) is 4.17. The molecule has 1 rings (SSSR count). The summed E-state index contributed by atoms with van der Waals surface area (Å²) in [5, 5.41) is 3.35. The first-order valence-corrected chi connectivity index (χ1v) is 8.26. The summed E-state index contributed by atoms with van der Waals surface area (Å²) in [4.78, 5) is 5.22. The lowest BCUT2D eigenvalue weighted by atomic mass is 10.1. The van der Waals surface area contributed by atoms with Gasteiger partial charge in [-0.05, 0) is 19.4 Å². The van der Waals surface area contributed by atoms with E-state index in [0.29, 0.717) is 6.42 Å². The van der Waals surface area contributed by atoms with E-state index in [4.69, 9.17) is 0 Å². The molecule has 1 heterocycles. The zero-order valence-corrected chi connectivity index (χ0v) is 11.3. The van der Waals surface area contributed by atoms with E-state index in [-0.39, 0.29) is 11.8 Å². The number of hydrogen-bond donors (Lipinski definition) is 1. The average molecular weight is 262 g/mol. The van der Waals surface area contributed by atoms with Crippen LogP contribution in [0.25, 0.3) is 0 Å². The molecule has 0 radical (unpaired) electrons. The Morgan fingerprint density at radius 2 is 2.31 bits per heavy atom. The molecular formula is C10H18N2O2S2. The van der Waals surface area contributed by atoms with Gasteiger partial charge < -0.3 is 5.32 Å².